The molecule has 0 aromatic carbocycles. The van der Waals surface area contributed by atoms with E-state index in [4.69, 9.17) is 0 Å². The Balaban J connectivity index is 1.84. The summed E-state index contributed by atoms with van der Waals surface area (Å²) in [5.41, 5.74) is 1.87. The number of pyridine rings is 1. The van der Waals surface area contributed by atoms with Crippen LogP contribution < -0.4 is 0 Å². The lowest BCUT2D eigenvalue weighted by molar-refractivity contribution is -0.148. The summed E-state index contributed by atoms with van der Waals surface area (Å²) in [5, 5.41) is 18.6. The largest absolute Gasteiger partial charge is 0.479 e. The Morgan fingerprint density at radius 2 is 1.82 bits per heavy atom. The van der Waals surface area contributed by atoms with E-state index in [1.54, 1.807) is 19.3 Å². The van der Waals surface area contributed by atoms with E-state index in [1.165, 1.54) is 4.80 Å². The van der Waals surface area contributed by atoms with E-state index < -0.39 is 11.5 Å². The SMILES string of the molecule is CC(CCc1ccncc1)(C(=O)O)n1nc2c(n1)CCCC2. The molecular formula is C16H20N4O2. The fourth-order valence-electron chi connectivity index (χ4n) is 2.79. The standard InChI is InChI=1S/C16H20N4O2/c1-16(15(21)22,9-6-12-7-10-17-11-8-12)20-18-13-4-2-3-5-14(13)19-20/h7-8,10-11H,2-6,9H2,1H3,(H,21,22). The molecule has 2 aromatic rings. The average molecular weight is 300 g/mol. The van der Waals surface area contributed by atoms with Gasteiger partial charge in [-0.05, 0) is 63.1 Å². The summed E-state index contributed by atoms with van der Waals surface area (Å²) in [4.78, 5) is 17.2. The lowest BCUT2D eigenvalue weighted by Crippen LogP contribution is -2.41. The van der Waals surface area contributed by atoms with Gasteiger partial charge in [-0.25, -0.2) is 4.79 Å². The van der Waals surface area contributed by atoms with Crippen LogP contribution in [-0.2, 0) is 29.6 Å². The third kappa shape index (κ3) is 2.73. The van der Waals surface area contributed by atoms with Crippen molar-refractivity contribution >= 4 is 5.97 Å². The smallest absolute Gasteiger partial charge is 0.333 e. The van der Waals surface area contributed by atoms with Crippen LogP contribution in [0.3, 0.4) is 0 Å². The zero-order chi connectivity index (χ0) is 15.6. The first-order chi connectivity index (χ1) is 10.6. The Morgan fingerprint density at radius 3 is 2.36 bits per heavy atom. The molecule has 2 aromatic heterocycles. The molecule has 3 rings (SSSR count). The number of hydrogen-bond donors (Lipinski definition) is 1. The minimum Gasteiger partial charge on any atom is -0.479 e. The predicted octanol–water partition coefficient (Wildman–Crippen LogP) is 1.98. The Labute approximate surface area is 129 Å². The first-order valence-electron chi connectivity index (χ1n) is 7.67. The van der Waals surface area contributed by atoms with E-state index >= 15 is 0 Å². The van der Waals surface area contributed by atoms with E-state index in [2.05, 4.69) is 15.2 Å². The normalized spacial score (nSPS) is 16.8. The van der Waals surface area contributed by atoms with Crippen LogP contribution in [0.15, 0.2) is 24.5 Å². The molecule has 116 valence electrons. The highest BCUT2D eigenvalue weighted by molar-refractivity contribution is 5.75. The molecule has 6 nitrogen and oxygen atoms in total. The summed E-state index contributed by atoms with van der Waals surface area (Å²) >= 11 is 0. The van der Waals surface area contributed by atoms with Gasteiger partial charge in [0.2, 0.25) is 0 Å². The van der Waals surface area contributed by atoms with Crippen LogP contribution >= 0.6 is 0 Å². The van der Waals surface area contributed by atoms with Crippen LogP contribution in [0.4, 0.5) is 0 Å². The van der Waals surface area contributed by atoms with Crippen LogP contribution in [0, 0.1) is 0 Å². The maximum absolute atomic E-state index is 11.8. The number of carboxylic acids is 1. The molecule has 1 aliphatic carbocycles. The molecule has 1 atom stereocenters. The van der Waals surface area contributed by atoms with Crippen molar-refractivity contribution in [2.45, 2.75) is 51.0 Å². The van der Waals surface area contributed by atoms with Gasteiger partial charge in [0.25, 0.3) is 0 Å². The summed E-state index contributed by atoms with van der Waals surface area (Å²) in [6.45, 7) is 1.70. The van der Waals surface area contributed by atoms with Crippen molar-refractivity contribution < 1.29 is 9.90 Å². The number of carbonyl (C=O) groups is 1. The minimum atomic E-state index is -1.12. The lowest BCUT2D eigenvalue weighted by atomic mass is 9.94. The van der Waals surface area contributed by atoms with E-state index in [1.807, 2.05) is 12.1 Å². The predicted molar refractivity (Wildman–Crippen MR) is 80.5 cm³/mol. The summed E-state index contributed by atoms with van der Waals surface area (Å²) in [5.74, 6) is -0.895. The number of aryl methyl sites for hydroxylation is 3. The van der Waals surface area contributed by atoms with Gasteiger partial charge in [-0.3, -0.25) is 4.98 Å². The molecule has 0 radical (unpaired) electrons. The molecule has 0 bridgehead atoms. The molecule has 1 N–H and O–H groups in total. The third-order valence-electron chi connectivity index (χ3n) is 4.39. The lowest BCUT2D eigenvalue weighted by Gasteiger charge is -2.23. The molecule has 1 unspecified atom stereocenters. The highest BCUT2D eigenvalue weighted by atomic mass is 16.4. The molecule has 6 heteroatoms. The molecule has 0 saturated carbocycles. The van der Waals surface area contributed by atoms with Crippen molar-refractivity contribution in [1.29, 1.82) is 0 Å². The maximum Gasteiger partial charge on any atom is 0.333 e. The Kier molecular flexibility index (Phi) is 3.92. The first kappa shape index (κ1) is 14.7. The molecule has 0 spiro atoms. The van der Waals surface area contributed by atoms with Crippen LogP contribution in [-0.4, -0.2) is 31.1 Å². The van der Waals surface area contributed by atoms with E-state index in [0.717, 1.165) is 42.6 Å². The zero-order valence-electron chi connectivity index (χ0n) is 12.7. The van der Waals surface area contributed by atoms with Gasteiger partial charge < -0.3 is 5.11 Å². The number of fused-ring (bicyclic) bond motifs is 1. The van der Waals surface area contributed by atoms with Gasteiger partial charge in [-0.2, -0.15) is 15.0 Å². The van der Waals surface area contributed by atoms with Gasteiger partial charge in [-0.1, -0.05) is 0 Å². The molecule has 2 heterocycles. The molecule has 0 fully saturated rings. The van der Waals surface area contributed by atoms with Gasteiger partial charge in [0, 0.05) is 12.4 Å². The van der Waals surface area contributed by atoms with Crippen molar-refractivity contribution in [2.75, 3.05) is 0 Å². The fourth-order valence-corrected chi connectivity index (χ4v) is 2.79. The third-order valence-corrected chi connectivity index (χ3v) is 4.39. The number of aliphatic carboxylic acids is 1. The second-order valence-electron chi connectivity index (χ2n) is 6.02. The monoisotopic (exact) mass is 300 g/mol. The van der Waals surface area contributed by atoms with Crippen LogP contribution in [0.5, 0.6) is 0 Å². The van der Waals surface area contributed by atoms with E-state index in [0.29, 0.717) is 12.8 Å². The summed E-state index contributed by atoms with van der Waals surface area (Å²) < 4.78 is 0. The van der Waals surface area contributed by atoms with Gasteiger partial charge in [0.1, 0.15) is 0 Å². The molecular weight excluding hydrogens is 280 g/mol. The van der Waals surface area contributed by atoms with Gasteiger partial charge in [0.05, 0.1) is 11.4 Å². The Morgan fingerprint density at radius 1 is 1.23 bits per heavy atom. The van der Waals surface area contributed by atoms with Crippen molar-refractivity contribution in [3.63, 3.8) is 0 Å². The van der Waals surface area contributed by atoms with Gasteiger partial charge in [-0.15, -0.1) is 0 Å². The number of rotatable bonds is 5. The minimum absolute atomic E-state index is 0.444. The summed E-state index contributed by atoms with van der Waals surface area (Å²) in [7, 11) is 0. The number of carboxylic acid groups (broad SMARTS) is 1. The fraction of sp³-hybridized carbons (Fsp3) is 0.500. The topological polar surface area (TPSA) is 80.9 Å². The highest BCUT2D eigenvalue weighted by Gasteiger charge is 2.38. The van der Waals surface area contributed by atoms with Gasteiger partial charge in [0.15, 0.2) is 5.54 Å². The number of nitrogens with zero attached hydrogens (tertiary/aromatic N) is 4. The summed E-state index contributed by atoms with van der Waals surface area (Å²) in [6.07, 6.45) is 8.54. The highest BCUT2D eigenvalue weighted by Crippen LogP contribution is 2.25. The van der Waals surface area contributed by atoms with E-state index in [-0.39, 0.29) is 0 Å². The molecule has 0 amide bonds. The Hall–Kier alpha value is -2.24. The average Bonchev–Trinajstić information content (AvgIpc) is 2.98. The second kappa shape index (κ2) is 5.87. The Bertz CT molecular complexity index is 645. The van der Waals surface area contributed by atoms with Crippen molar-refractivity contribution in [1.82, 2.24) is 20.0 Å². The van der Waals surface area contributed by atoms with Gasteiger partial charge >= 0.3 is 5.97 Å². The van der Waals surface area contributed by atoms with Crippen LogP contribution in [0.1, 0.15) is 43.1 Å². The summed E-state index contributed by atoms with van der Waals surface area (Å²) in [6, 6.07) is 3.81. The molecule has 0 saturated heterocycles. The number of hydrogen-bond acceptors (Lipinski definition) is 4. The maximum atomic E-state index is 11.8. The molecule has 0 aliphatic heterocycles. The van der Waals surface area contributed by atoms with Crippen molar-refractivity contribution in [2.24, 2.45) is 0 Å². The van der Waals surface area contributed by atoms with Crippen LogP contribution in [0.25, 0.3) is 0 Å². The first-order valence-corrected chi connectivity index (χ1v) is 7.67. The molecule has 22 heavy (non-hydrogen) atoms. The number of aromatic nitrogens is 4. The zero-order valence-corrected chi connectivity index (χ0v) is 12.7. The van der Waals surface area contributed by atoms with Crippen molar-refractivity contribution in [3.8, 4) is 0 Å². The quantitative estimate of drug-likeness (QED) is 0.913. The van der Waals surface area contributed by atoms with Crippen LogP contribution in [0.2, 0.25) is 0 Å². The van der Waals surface area contributed by atoms with E-state index in [9.17, 15) is 9.90 Å². The van der Waals surface area contributed by atoms with Crippen molar-refractivity contribution in [3.05, 3.63) is 41.5 Å². The molecule has 1 aliphatic rings. The second-order valence-corrected chi connectivity index (χ2v) is 6.02.